The van der Waals surface area contributed by atoms with Crippen LogP contribution in [-0.4, -0.2) is 42.0 Å². The quantitative estimate of drug-likeness (QED) is 0.311. The number of nitrogens with one attached hydrogen (secondary N) is 1. The maximum atomic E-state index is 13.4. The van der Waals surface area contributed by atoms with Gasteiger partial charge in [-0.05, 0) is 94.1 Å². The fourth-order valence-corrected chi connectivity index (χ4v) is 5.27. The zero-order valence-corrected chi connectivity index (χ0v) is 23.2. The van der Waals surface area contributed by atoms with Gasteiger partial charge in [-0.1, -0.05) is 18.2 Å². The lowest BCUT2D eigenvalue weighted by atomic mass is 9.94. The van der Waals surface area contributed by atoms with Gasteiger partial charge in [-0.3, -0.25) is 9.59 Å². The highest BCUT2D eigenvalue weighted by atomic mass is 19.4. The van der Waals surface area contributed by atoms with E-state index in [-0.39, 0.29) is 37.7 Å². The Balaban J connectivity index is 0.00000405. The Kier molecular flexibility index (Phi) is 7.35. The molecule has 1 aliphatic heterocycles. The molecule has 1 saturated carbocycles. The lowest BCUT2D eigenvalue weighted by molar-refractivity contribution is -0.274. The normalized spacial score (nSPS) is 15.1. The second kappa shape index (κ2) is 10.6. The zero-order chi connectivity index (χ0) is 29.5. The predicted octanol–water partition coefficient (Wildman–Crippen LogP) is 7.16. The van der Waals surface area contributed by atoms with Crippen molar-refractivity contribution in [3.63, 3.8) is 0 Å². The maximum absolute atomic E-state index is 13.4. The molecule has 218 valence electrons. The average Bonchev–Trinajstić information content (AvgIpc) is 3.59. The summed E-state index contributed by atoms with van der Waals surface area (Å²) in [5.41, 5.74) is 1.28. The molecular weight excluding hydrogens is 537 g/mol. The van der Waals surface area contributed by atoms with E-state index in [1.807, 2.05) is 33.8 Å². The SMILES string of the molecule is CC(C)N(C(=O)c1ccc(-c2cc(NC(=O)C3(c4ccc5c(c4)OCO5)CC3)ccc2OC(F)(F)F)cc1)C(C)C.[HH]. The van der Waals surface area contributed by atoms with Crippen molar-refractivity contribution in [1.82, 2.24) is 4.90 Å². The highest BCUT2D eigenvalue weighted by Crippen LogP contribution is 2.51. The Bertz CT molecular complexity index is 1460. The van der Waals surface area contributed by atoms with Crippen LogP contribution in [0.2, 0.25) is 0 Å². The van der Waals surface area contributed by atoms with Crippen molar-refractivity contribution in [2.24, 2.45) is 0 Å². The largest absolute Gasteiger partial charge is 0.573 e. The van der Waals surface area contributed by atoms with Crippen molar-refractivity contribution in [2.45, 2.75) is 64.4 Å². The van der Waals surface area contributed by atoms with Gasteiger partial charge < -0.3 is 24.4 Å². The number of hydrogen-bond acceptors (Lipinski definition) is 5. The molecule has 3 aromatic rings. The highest BCUT2D eigenvalue weighted by molar-refractivity contribution is 6.02. The number of halogens is 3. The molecule has 2 aliphatic rings. The van der Waals surface area contributed by atoms with E-state index in [0.29, 0.717) is 41.2 Å². The lowest BCUT2D eigenvalue weighted by Crippen LogP contribution is -2.42. The third-order valence-electron chi connectivity index (χ3n) is 7.36. The minimum Gasteiger partial charge on any atom is -0.454 e. The second-order valence-corrected chi connectivity index (χ2v) is 10.8. The van der Waals surface area contributed by atoms with E-state index in [9.17, 15) is 22.8 Å². The predicted molar refractivity (Wildman–Crippen MR) is 149 cm³/mol. The molecular formula is C31H33F3N2O5. The molecule has 5 rings (SSSR count). The van der Waals surface area contributed by atoms with Crippen molar-refractivity contribution >= 4 is 17.5 Å². The van der Waals surface area contributed by atoms with Gasteiger partial charge in [0.25, 0.3) is 5.91 Å². The Labute approximate surface area is 237 Å². The summed E-state index contributed by atoms with van der Waals surface area (Å²) in [6, 6.07) is 15.6. The number of nitrogens with zero attached hydrogens (tertiary/aromatic N) is 1. The second-order valence-electron chi connectivity index (χ2n) is 10.8. The number of carbonyl (C=O) groups excluding carboxylic acids is 2. The van der Waals surface area contributed by atoms with E-state index in [1.54, 1.807) is 41.3 Å². The van der Waals surface area contributed by atoms with Crippen LogP contribution in [0.15, 0.2) is 60.7 Å². The fourth-order valence-electron chi connectivity index (χ4n) is 5.27. The van der Waals surface area contributed by atoms with E-state index >= 15 is 0 Å². The van der Waals surface area contributed by atoms with Crippen molar-refractivity contribution in [2.75, 3.05) is 12.1 Å². The molecule has 1 N–H and O–H groups in total. The summed E-state index contributed by atoms with van der Waals surface area (Å²) in [5.74, 6) is 0.327. The number of ether oxygens (including phenoxy) is 3. The minimum atomic E-state index is -4.91. The molecule has 0 spiro atoms. The first-order chi connectivity index (χ1) is 19.4. The number of carbonyl (C=O) groups is 2. The van der Waals surface area contributed by atoms with Crippen LogP contribution in [0.1, 0.15) is 57.9 Å². The van der Waals surface area contributed by atoms with Crippen molar-refractivity contribution in [3.05, 3.63) is 71.8 Å². The molecule has 10 heteroatoms. The van der Waals surface area contributed by atoms with Crippen molar-refractivity contribution < 1.29 is 38.4 Å². The van der Waals surface area contributed by atoms with E-state index in [0.717, 1.165) is 5.56 Å². The van der Waals surface area contributed by atoms with Gasteiger partial charge in [0.2, 0.25) is 12.7 Å². The number of fused-ring (bicyclic) bond motifs is 1. The molecule has 0 unspecified atom stereocenters. The van der Waals surface area contributed by atoms with Gasteiger partial charge in [-0.15, -0.1) is 13.2 Å². The van der Waals surface area contributed by atoms with Gasteiger partial charge in [-0.25, -0.2) is 0 Å². The molecule has 0 saturated heterocycles. The highest BCUT2D eigenvalue weighted by Gasteiger charge is 2.51. The molecule has 7 nitrogen and oxygen atoms in total. The van der Waals surface area contributed by atoms with Gasteiger partial charge in [0, 0.05) is 30.3 Å². The Hall–Kier alpha value is -4.21. The Morgan fingerprint density at radius 3 is 2.20 bits per heavy atom. The minimum absolute atomic E-state index is 0. The number of benzene rings is 3. The smallest absolute Gasteiger partial charge is 0.454 e. The summed E-state index contributed by atoms with van der Waals surface area (Å²) >= 11 is 0. The van der Waals surface area contributed by atoms with Crippen LogP contribution in [0, 0.1) is 0 Å². The first-order valence-electron chi connectivity index (χ1n) is 13.4. The standard InChI is InChI=1S/C31H31F3N2O5.H2/c1-18(2)36(19(3)4)28(37)21-7-5-20(6-8-21)24-16-23(10-12-25(24)41-31(32,33)34)35-29(38)30(13-14-30)22-9-11-26-27(15-22)40-17-39-26;/h5-12,15-16,18-19H,13-14,17H2,1-4H3,(H,35,38);1H. The van der Waals surface area contributed by atoms with Gasteiger partial charge in [0.1, 0.15) is 5.75 Å². The molecule has 1 heterocycles. The van der Waals surface area contributed by atoms with Crippen molar-refractivity contribution in [3.8, 4) is 28.4 Å². The zero-order valence-electron chi connectivity index (χ0n) is 23.2. The Morgan fingerprint density at radius 2 is 1.59 bits per heavy atom. The first kappa shape index (κ1) is 28.3. The summed E-state index contributed by atoms with van der Waals surface area (Å²) in [4.78, 5) is 28.2. The van der Waals surface area contributed by atoms with Crippen LogP contribution in [-0.2, 0) is 10.2 Å². The molecule has 0 bridgehead atoms. The first-order valence-corrected chi connectivity index (χ1v) is 13.4. The molecule has 0 radical (unpaired) electrons. The number of hydrogen-bond donors (Lipinski definition) is 1. The van der Waals surface area contributed by atoms with Crippen LogP contribution < -0.4 is 19.5 Å². The number of rotatable bonds is 8. The van der Waals surface area contributed by atoms with Gasteiger partial charge in [0.15, 0.2) is 11.5 Å². The van der Waals surface area contributed by atoms with Crippen LogP contribution in [0.3, 0.4) is 0 Å². The number of amides is 2. The van der Waals surface area contributed by atoms with Gasteiger partial charge in [0.05, 0.1) is 5.41 Å². The maximum Gasteiger partial charge on any atom is 0.573 e. The summed E-state index contributed by atoms with van der Waals surface area (Å²) in [6.07, 6.45) is -3.67. The summed E-state index contributed by atoms with van der Waals surface area (Å²) < 4.78 is 54.8. The molecule has 2 amide bonds. The van der Waals surface area contributed by atoms with Crippen LogP contribution in [0.4, 0.5) is 18.9 Å². The molecule has 1 fully saturated rings. The third kappa shape index (κ3) is 5.82. The van der Waals surface area contributed by atoms with E-state index in [4.69, 9.17) is 9.47 Å². The van der Waals surface area contributed by atoms with Crippen LogP contribution >= 0.6 is 0 Å². The van der Waals surface area contributed by atoms with Gasteiger partial charge in [-0.2, -0.15) is 0 Å². The summed E-state index contributed by atoms with van der Waals surface area (Å²) in [5, 5.41) is 2.87. The Morgan fingerprint density at radius 1 is 0.927 bits per heavy atom. The summed E-state index contributed by atoms with van der Waals surface area (Å²) in [6.45, 7) is 7.81. The van der Waals surface area contributed by atoms with E-state index in [2.05, 4.69) is 10.1 Å². The van der Waals surface area contributed by atoms with Crippen LogP contribution in [0.25, 0.3) is 11.1 Å². The molecule has 0 atom stereocenters. The van der Waals surface area contributed by atoms with Crippen LogP contribution in [0.5, 0.6) is 17.2 Å². The molecule has 3 aromatic carbocycles. The molecule has 1 aliphatic carbocycles. The summed E-state index contributed by atoms with van der Waals surface area (Å²) in [7, 11) is 0. The molecule has 0 aromatic heterocycles. The van der Waals surface area contributed by atoms with E-state index in [1.165, 1.54) is 18.2 Å². The average molecular weight is 571 g/mol. The monoisotopic (exact) mass is 570 g/mol. The topological polar surface area (TPSA) is 77.1 Å². The number of alkyl halides is 3. The molecule has 41 heavy (non-hydrogen) atoms. The van der Waals surface area contributed by atoms with Crippen molar-refractivity contribution in [1.29, 1.82) is 0 Å². The van der Waals surface area contributed by atoms with E-state index < -0.39 is 17.5 Å². The fraction of sp³-hybridized carbons (Fsp3) is 0.355. The lowest BCUT2D eigenvalue weighted by Gasteiger charge is -2.31. The van der Waals surface area contributed by atoms with Gasteiger partial charge >= 0.3 is 6.36 Å². The third-order valence-corrected chi connectivity index (χ3v) is 7.36. The number of anilines is 1.